The monoisotopic (exact) mass is 276 g/mol. The van der Waals surface area contributed by atoms with Gasteiger partial charge in [0.25, 0.3) is 0 Å². The van der Waals surface area contributed by atoms with Crippen LogP contribution in [0.25, 0.3) is 11.0 Å². The Labute approximate surface area is 115 Å². The van der Waals surface area contributed by atoms with E-state index in [2.05, 4.69) is 20.3 Å². The molecule has 106 valence electrons. The van der Waals surface area contributed by atoms with Crippen molar-refractivity contribution in [3.8, 4) is 0 Å². The van der Waals surface area contributed by atoms with Gasteiger partial charge in [0.15, 0.2) is 5.52 Å². The highest BCUT2D eigenvalue weighted by Gasteiger charge is 2.21. The quantitative estimate of drug-likeness (QED) is 0.525. The normalized spacial score (nSPS) is 17.0. The van der Waals surface area contributed by atoms with Crippen molar-refractivity contribution in [3.05, 3.63) is 22.2 Å². The highest BCUT2D eigenvalue weighted by atomic mass is 16.6. The molecule has 0 atom stereocenters. The lowest BCUT2D eigenvalue weighted by atomic mass is 10.1. The Morgan fingerprint density at radius 1 is 1.15 bits per heavy atom. The van der Waals surface area contributed by atoms with E-state index >= 15 is 0 Å². The predicted octanol–water partition coefficient (Wildman–Crippen LogP) is 3.27. The molecule has 1 aliphatic carbocycles. The molecule has 7 heteroatoms. The Hall–Kier alpha value is -2.18. The average molecular weight is 276 g/mol. The fraction of sp³-hybridized carbons (Fsp3) is 0.538. The Bertz CT molecular complexity index is 617. The first-order valence-electron chi connectivity index (χ1n) is 6.92. The van der Waals surface area contributed by atoms with Crippen LogP contribution < -0.4 is 5.32 Å². The summed E-state index contributed by atoms with van der Waals surface area (Å²) in [6, 6.07) is 3.53. The number of benzene rings is 1. The predicted molar refractivity (Wildman–Crippen MR) is 73.6 cm³/mol. The smallest absolute Gasteiger partial charge is 0.300 e. The highest BCUT2D eigenvalue weighted by molar-refractivity contribution is 5.93. The van der Waals surface area contributed by atoms with E-state index in [9.17, 15) is 10.1 Å². The maximum Gasteiger partial charge on any atom is 0.300 e. The summed E-state index contributed by atoms with van der Waals surface area (Å²) in [4.78, 5) is 10.5. The Morgan fingerprint density at radius 3 is 2.55 bits per heavy atom. The van der Waals surface area contributed by atoms with Gasteiger partial charge in [-0.1, -0.05) is 25.7 Å². The number of hydrogen-bond donors (Lipinski definition) is 1. The van der Waals surface area contributed by atoms with Gasteiger partial charge in [0.1, 0.15) is 0 Å². The molecule has 0 aliphatic heterocycles. The fourth-order valence-corrected chi connectivity index (χ4v) is 2.76. The van der Waals surface area contributed by atoms with Crippen LogP contribution in [0.2, 0.25) is 0 Å². The maximum absolute atomic E-state index is 10.9. The lowest BCUT2D eigenvalue weighted by Crippen LogP contribution is -2.18. The highest BCUT2D eigenvalue weighted by Crippen LogP contribution is 2.30. The van der Waals surface area contributed by atoms with Gasteiger partial charge >= 0.3 is 5.69 Å². The molecule has 1 aromatic carbocycles. The van der Waals surface area contributed by atoms with Gasteiger partial charge in [0.05, 0.1) is 10.6 Å². The molecule has 2 aromatic rings. The zero-order chi connectivity index (χ0) is 13.9. The number of nitrogens with zero attached hydrogens (tertiary/aromatic N) is 3. The maximum atomic E-state index is 10.9. The molecule has 1 heterocycles. The molecular formula is C13H16N4O3. The van der Waals surface area contributed by atoms with Gasteiger partial charge in [0.2, 0.25) is 5.52 Å². The summed E-state index contributed by atoms with van der Waals surface area (Å²) >= 11 is 0. The van der Waals surface area contributed by atoms with Gasteiger partial charge in [-0.2, -0.15) is 0 Å². The van der Waals surface area contributed by atoms with E-state index in [1.165, 1.54) is 31.7 Å². The summed E-state index contributed by atoms with van der Waals surface area (Å²) in [7, 11) is 0. The number of anilines is 1. The van der Waals surface area contributed by atoms with E-state index in [1.54, 1.807) is 6.07 Å². The summed E-state index contributed by atoms with van der Waals surface area (Å²) in [6.07, 6.45) is 7.21. The third-order valence-electron chi connectivity index (χ3n) is 3.81. The molecule has 1 aromatic heterocycles. The summed E-state index contributed by atoms with van der Waals surface area (Å²) < 4.78 is 4.67. The van der Waals surface area contributed by atoms with Crippen LogP contribution in [0, 0.1) is 10.1 Å². The number of hydrogen-bond acceptors (Lipinski definition) is 6. The first kappa shape index (κ1) is 12.8. The molecule has 0 bridgehead atoms. The second kappa shape index (κ2) is 5.44. The molecular weight excluding hydrogens is 260 g/mol. The van der Waals surface area contributed by atoms with Crippen molar-refractivity contribution in [1.29, 1.82) is 0 Å². The minimum atomic E-state index is -0.470. The van der Waals surface area contributed by atoms with Gasteiger partial charge in [-0.25, -0.2) is 4.63 Å². The van der Waals surface area contributed by atoms with Crippen molar-refractivity contribution in [2.75, 3.05) is 5.32 Å². The second-order valence-corrected chi connectivity index (χ2v) is 5.18. The van der Waals surface area contributed by atoms with Crippen LogP contribution >= 0.6 is 0 Å². The topological polar surface area (TPSA) is 94.1 Å². The standard InChI is InChI=1S/C13H16N4O3/c18-17(19)11-8-7-10(12-13(11)16-20-15-12)14-9-5-3-1-2-4-6-9/h7-9,14H,1-6H2. The van der Waals surface area contributed by atoms with Crippen molar-refractivity contribution in [2.24, 2.45) is 0 Å². The van der Waals surface area contributed by atoms with Crippen molar-refractivity contribution in [2.45, 2.75) is 44.6 Å². The third kappa shape index (κ3) is 2.43. The number of non-ortho nitro benzene ring substituents is 1. The van der Waals surface area contributed by atoms with Gasteiger partial charge in [-0.05, 0) is 29.2 Å². The number of nitro groups is 1. The number of nitro benzene ring substituents is 1. The second-order valence-electron chi connectivity index (χ2n) is 5.18. The SMILES string of the molecule is O=[N+]([O-])c1ccc(NC2CCCCCC2)c2nonc12. The van der Waals surface area contributed by atoms with Gasteiger partial charge in [0, 0.05) is 12.1 Å². The molecule has 1 aliphatic rings. The van der Waals surface area contributed by atoms with E-state index in [4.69, 9.17) is 0 Å². The molecule has 20 heavy (non-hydrogen) atoms. The van der Waals surface area contributed by atoms with Gasteiger partial charge < -0.3 is 5.32 Å². The molecule has 0 spiro atoms. The number of rotatable bonds is 3. The minimum Gasteiger partial charge on any atom is -0.380 e. The van der Waals surface area contributed by atoms with Crippen molar-refractivity contribution in [3.63, 3.8) is 0 Å². The van der Waals surface area contributed by atoms with E-state index < -0.39 is 4.92 Å². The molecule has 0 amide bonds. The van der Waals surface area contributed by atoms with Crippen LogP contribution in [0.15, 0.2) is 16.8 Å². The molecule has 0 unspecified atom stereocenters. The fourth-order valence-electron chi connectivity index (χ4n) is 2.76. The Morgan fingerprint density at radius 2 is 1.85 bits per heavy atom. The molecule has 1 N–H and O–H groups in total. The van der Waals surface area contributed by atoms with Crippen LogP contribution in [0.1, 0.15) is 38.5 Å². The molecule has 0 radical (unpaired) electrons. The largest absolute Gasteiger partial charge is 0.380 e. The molecule has 0 saturated heterocycles. The zero-order valence-corrected chi connectivity index (χ0v) is 11.0. The number of aromatic nitrogens is 2. The van der Waals surface area contributed by atoms with Crippen LogP contribution in [-0.4, -0.2) is 21.3 Å². The Kier molecular flexibility index (Phi) is 3.49. The lowest BCUT2D eigenvalue weighted by Gasteiger charge is -2.17. The summed E-state index contributed by atoms with van der Waals surface area (Å²) in [5, 5.41) is 21.8. The van der Waals surface area contributed by atoms with E-state index in [-0.39, 0.29) is 11.2 Å². The van der Waals surface area contributed by atoms with Crippen molar-refractivity contribution >= 4 is 22.4 Å². The molecule has 3 rings (SSSR count). The zero-order valence-electron chi connectivity index (χ0n) is 11.0. The first-order chi connectivity index (χ1) is 9.75. The summed E-state index contributed by atoms with van der Waals surface area (Å²) in [5.74, 6) is 0. The van der Waals surface area contributed by atoms with Crippen LogP contribution in [0.5, 0.6) is 0 Å². The molecule has 7 nitrogen and oxygen atoms in total. The molecule has 1 fully saturated rings. The van der Waals surface area contributed by atoms with Crippen molar-refractivity contribution < 1.29 is 9.55 Å². The van der Waals surface area contributed by atoms with E-state index in [1.807, 2.05) is 0 Å². The lowest BCUT2D eigenvalue weighted by molar-refractivity contribution is -0.383. The van der Waals surface area contributed by atoms with Crippen LogP contribution in [0.4, 0.5) is 11.4 Å². The van der Waals surface area contributed by atoms with Gasteiger partial charge in [-0.3, -0.25) is 10.1 Å². The number of fused-ring (bicyclic) bond motifs is 1. The average Bonchev–Trinajstić information content (AvgIpc) is 2.78. The van der Waals surface area contributed by atoms with Crippen LogP contribution in [0.3, 0.4) is 0 Å². The summed E-state index contributed by atoms with van der Waals surface area (Å²) in [5.41, 5.74) is 1.32. The molecule has 1 saturated carbocycles. The third-order valence-corrected chi connectivity index (χ3v) is 3.81. The van der Waals surface area contributed by atoms with E-state index in [0.29, 0.717) is 11.6 Å². The van der Waals surface area contributed by atoms with Crippen molar-refractivity contribution in [1.82, 2.24) is 10.3 Å². The van der Waals surface area contributed by atoms with Crippen LogP contribution in [-0.2, 0) is 0 Å². The first-order valence-corrected chi connectivity index (χ1v) is 6.92. The number of nitrogens with one attached hydrogen (secondary N) is 1. The minimum absolute atomic E-state index is 0.0762. The van der Waals surface area contributed by atoms with Gasteiger partial charge in [-0.15, -0.1) is 0 Å². The summed E-state index contributed by atoms with van der Waals surface area (Å²) in [6.45, 7) is 0. The van der Waals surface area contributed by atoms with E-state index in [0.717, 1.165) is 18.5 Å². The Balaban J connectivity index is 1.90.